The van der Waals surface area contributed by atoms with Crippen molar-refractivity contribution in [3.63, 3.8) is 0 Å². The number of anilines is 1. The Balaban J connectivity index is 2.38. The maximum absolute atomic E-state index is 11.3. The molecule has 0 fully saturated rings. The van der Waals surface area contributed by atoms with E-state index in [9.17, 15) is 9.59 Å². The Kier molecular flexibility index (Phi) is 4.18. The van der Waals surface area contributed by atoms with E-state index in [-0.39, 0.29) is 6.42 Å². The quantitative estimate of drug-likeness (QED) is 0.727. The molecule has 0 aliphatic carbocycles. The molecule has 0 bridgehead atoms. The lowest BCUT2D eigenvalue weighted by Gasteiger charge is -2.10. The number of hydrogen-bond acceptors (Lipinski definition) is 5. The van der Waals surface area contributed by atoms with E-state index >= 15 is 0 Å². The number of aliphatic carboxylic acids is 1. The molecule has 0 saturated carbocycles. The molecule has 0 spiro atoms. The summed E-state index contributed by atoms with van der Waals surface area (Å²) in [5.74, 6) is -0.376. The van der Waals surface area contributed by atoms with E-state index < -0.39 is 18.0 Å². The van der Waals surface area contributed by atoms with Crippen molar-refractivity contribution in [3.8, 4) is 0 Å². The first-order chi connectivity index (χ1) is 7.47. The number of hydrogen-bond donors (Lipinski definition) is 3. The highest BCUT2D eigenvalue weighted by Crippen LogP contribution is 2.09. The molecule has 1 atom stereocenters. The number of rotatable bonds is 4. The normalized spacial score (nSPS) is 11.9. The van der Waals surface area contributed by atoms with Crippen molar-refractivity contribution in [2.75, 3.05) is 5.32 Å². The highest BCUT2D eigenvalue weighted by molar-refractivity contribution is 7.09. The topological polar surface area (TPSA) is 104 Å². The minimum Gasteiger partial charge on any atom is -0.481 e. The number of amides is 2. The van der Waals surface area contributed by atoms with Gasteiger partial charge in [-0.15, -0.1) is 0 Å². The predicted molar refractivity (Wildman–Crippen MR) is 58.5 cm³/mol. The summed E-state index contributed by atoms with van der Waals surface area (Å²) >= 11 is 1.07. The Morgan fingerprint density at radius 3 is 2.75 bits per heavy atom. The van der Waals surface area contributed by atoms with E-state index in [1.54, 1.807) is 13.8 Å². The molecule has 7 nitrogen and oxygen atoms in total. The molecule has 88 valence electrons. The second-order valence-electron chi connectivity index (χ2n) is 3.24. The summed E-state index contributed by atoms with van der Waals surface area (Å²) in [4.78, 5) is 25.6. The molecule has 0 radical (unpaired) electrons. The number of nitrogens with zero attached hydrogens (tertiary/aromatic N) is 2. The van der Waals surface area contributed by atoms with Gasteiger partial charge in [-0.2, -0.15) is 4.37 Å². The molecule has 3 N–H and O–H groups in total. The molecule has 1 unspecified atom stereocenters. The van der Waals surface area contributed by atoms with Crippen LogP contribution in [0.2, 0.25) is 0 Å². The van der Waals surface area contributed by atoms with Gasteiger partial charge in [0.1, 0.15) is 5.82 Å². The summed E-state index contributed by atoms with van der Waals surface area (Å²) in [5, 5.41) is 13.8. The third-order valence-electron chi connectivity index (χ3n) is 1.61. The van der Waals surface area contributed by atoms with Gasteiger partial charge in [0.2, 0.25) is 5.13 Å². The van der Waals surface area contributed by atoms with Crippen LogP contribution in [0.15, 0.2) is 0 Å². The first-order valence-corrected chi connectivity index (χ1v) is 5.34. The molecular formula is C8H12N4O3S. The second kappa shape index (κ2) is 5.40. The lowest BCUT2D eigenvalue weighted by molar-refractivity contribution is -0.137. The molecule has 8 heteroatoms. The number of aryl methyl sites for hydroxylation is 1. The fraction of sp³-hybridized carbons (Fsp3) is 0.500. The molecule has 2 amide bonds. The van der Waals surface area contributed by atoms with E-state index in [2.05, 4.69) is 20.0 Å². The van der Waals surface area contributed by atoms with Crippen molar-refractivity contribution < 1.29 is 14.7 Å². The number of carboxylic acid groups (broad SMARTS) is 1. The Labute approximate surface area is 96.1 Å². The Hall–Kier alpha value is -1.70. The zero-order chi connectivity index (χ0) is 12.1. The number of nitrogens with one attached hydrogen (secondary N) is 2. The number of carbonyl (C=O) groups excluding carboxylic acids is 1. The van der Waals surface area contributed by atoms with Crippen LogP contribution in [-0.4, -0.2) is 32.5 Å². The van der Waals surface area contributed by atoms with Gasteiger partial charge in [0.15, 0.2) is 0 Å². The highest BCUT2D eigenvalue weighted by atomic mass is 32.1. The minimum atomic E-state index is -0.959. The van der Waals surface area contributed by atoms with Crippen molar-refractivity contribution in [2.45, 2.75) is 26.3 Å². The third-order valence-corrected chi connectivity index (χ3v) is 2.33. The van der Waals surface area contributed by atoms with Crippen LogP contribution in [0.25, 0.3) is 0 Å². The van der Waals surface area contributed by atoms with Gasteiger partial charge in [0, 0.05) is 17.6 Å². The maximum Gasteiger partial charge on any atom is 0.321 e. The largest absolute Gasteiger partial charge is 0.481 e. The highest BCUT2D eigenvalue weighted by Gasteiger charge is 2.12. The molecule has 0 aliphatic heterocycles. The number of aromatic nitrogens is 2. The summed E-state index contributed by atoms with van der Waals surface area (Å²) in [5.41, 5.74) is 0. The zero-order valence-electron chi connectivity index (χ0n) is 8.85. The van der Waals surface area contributed by atoms with Crippen LogP contribution in [-0.2, 0) is 4.79 Å². The Bertz CT molecular complexity index is 392. The molecule has 0 saturated heterocycles. The average molecular weight is 244 g/mol. The first-order valence-electron chi connectivity index (χ1n) is 4.57. The summed E-state index contributed by atoms with van der Waals surface area (Å²) in [6.07, 6.45) is -0.122. The third kappa shape index (κ3) is 4.22. The van der Waals surface area contributed by atoms with Crippen LogP contribution in [0.4, 0.5) is 9.93 Å². The molecule has 1 aromatic heterocycles. The van der Waals surface area contributed by atoms with Crippen LogP contribution in [0, 0.1) is 6.92 Å². The van der Waals surface area contributed by atoms with E-state index in [0.29, 0.717) is 11.0 Å². The molecule has 16 heavy (non-hydrogen) atoms. The molecule has 1 heterocycles. The van der Waals surface area contributed by atoms with E-state index in [1.165, 1.54) is 0 Å². The smallest absolute Gasteiger partial charge is 0.321 e. The Morgan fingerprint density at radius 1 is 1.56 bits per heavy atom. The van der Waals surface area contributed by atoms with Crippen LogP contribution in [0.5, 0.6) is 0 Å². The van der Waals surface area contributed by atoms with Gasteiger partial charge in [-0.3, -0.25) is 10.1 Å². The maximum atomic E-state index is 11.3. The van der Waals surface area contributed by atoms with Crippen LogP contribution < -0.4 is 10.6 Å². The van der Waals surface area contributed by atoms with Crippen molar-refractivity contribution >= 4 is 28.7 Å². The fourth-order valence-electron chi connectivity index (χ4n) is 1.02. The van der Waals surface area contributed by atoms with Gasteiger partial charge >= 0.3 is 12.0 Å². The number of urea groups is 1. The summed E-state index contributed by atoms with van der Waals surface area (Å²) in [6, 6.07) is -0.920. The predicted octanol–water partition coefficient (Wildman–Crippen LogP) is 0.831. The van der Waals surface area contributed by atoms with Crippen molar-refractivity contribution in [2.24, 2.45) is 0 Å². The van der Waals surface area contributed by atoms with Crippen LogP contribution in [0.1, 0.15) is 19.2 Å². The average Bonchev–Trinajstić information content (AvgIpc) is 2.48. The first kappa shape index (κ1) is 12.4. The molecule has 1 aromatic rings. The lowest BCUT2D eigenvalue weighted by Crippen LogP contribution is -2.37. The minimum absolute atomic E-state index is 0.122. The van der Waals surface area contributed by atoms with Gasteiger partial charge in [0.05, 0.1) is 6.42 Å². The lowest BCUT2D eigenvalue weighted by atomic mass is 10.2. The van der Waals surface area contributed by atoms with E-state index in [0.717, 1.165) is 11.5 Å². The summed E-state index contributed by atoms with van der Waals surface area (Å²) < 4.78 is 3.89. The summed E-state index contributed by atoms with van der Waals surface area (Å²) in [6.45, 7) is 3.33. The fourth-order valence-corrected chi connectivity index (χ4v) is 1.59. The second-order valence-corrected chi connectivity index (χ2v) is 4.00. The Morgan fingerprint density at radius 2 is 2.25 bits per heavy atom. The SMILES string of the molecule is Cc1nsc(NC(=O)NC(C)CC(=O)O)n1. The van der Waals surface area contributed by atoms with Gasteiger partial charge < -0.3 is 10.4 Å². The van der Waals surface area contributed by atoms with Crippen molar-refractivity contribution in [3.05, 3.63) is 5.82 Å². The monoisotopic (exact) mass is 244 g/mol. The summed E-state index contributed by atoms with van der Waals surface area (Å²) in [7, 11) is 0. The standard InChI is InChI=1S/C8H12N4O3S/c1-4(3-6(13)14)9-7(15)11-8-10-5(2)12-16-8/h4H,3H2,1-2H3,(H,13,14)(H2,9,10,11,12,15). The van der Waals surface area contributed by atoms with Gasteiger partial charge in [-0.25, -0.2) is 9.78 Å². The molecule has 0 aromatic carbocycles. The number of carbonyl (C=O) groups is 2. The molecule has 0 aliphatic rings. The molecule has 1 rings (SSSR count). The zero-order valence-corrected chi connectivity index (χ0v) is 9.67. The van der Waals surface area contributed by atoms with E-state index in [1.807, 2.05) is 0 Å². The van der Waals surface area contributed by atoms with Crippen molar-refractivity contribution in [1.29, 1.82) is 0 Å². The molecular weight excluding hydrogens is 232 g/mol. The van der Waals surface area contributed by atoms with Gasteiger partial charge in [-0.1, -0.05) is 0 Å². The van der Waals surface area contributed by atoms with Crippen molar-refractivity contribution in [1.82, 2.24) is 14.7 Å². The van der Waals surface area contributed by atoms with Crippen LogP contribution in [0.3, 0.4) is 0 Å². The van der Waals surface area contributed by atoms with Crippen LogP contribution >= 0.6 is 11.5 Å². The van der Waals surface area contributed by atoms with Gasteiger partial charge in [0.25, 0.3) is 0 Å². The van der Waals surface area contributed by atoms with E-state index in [4.69, 9.17) is 5.11 Å². The number of carboxylic acids is 1. The van der Waals surface area contributed by atoms with Gasteiger partial charge in [-0.05, 0) is 13.8 Å².